The number of fused-ring (bicyclic) bond motifs is 1. The number of carbonyl (C=O) groups excluding carboxylic acids is 3. The maximum Gasteiger partial charge on any atom is 0.269 e. The fourth-order valence-corrected chi connectivity index (χ4v) is 6.34. The molecule has 0 saturated heterocycles. The maximum atomic E-state index is 13.6. The van der Waals surface area contributed by atoms with Gasteiger partial charge in [0.25, 0.3) is 15.9 Å². The highest BCUT2D eigenvalue weighted by Crippen LogP contribution is 2.30. The molecule has 0 aromatic heterocycles. The van der Waals surface area contributed by atoms with E-state index in [1.54, 1.807) is 30.3 Å². The van der Waals surface area contributed by atoms with Crippen molar-refractivity contribution in [2.45, 2.75) is 36.7 Å². The molecule has 1 atom stereocenters. The molecular formula is C28H28ClN3O5S. The van der Waals surface area contributed by atoms with Gasteiger partial charge in [0.1, 0.15) is 10.9 Å². The smallest absolute Gasteiger partial charge is 0.269 e. The summed E-state index contributed by atoms with van der Waals surface area (Å²) in [5.74, 6) is -1.26. The van der Waals surface area contributed by atoms with Gasteiger partial charge in [-0.2, -0.15) is 0 Å². The molecule has 0 radical (unpaired) electrons. The van der Waals surface area contributed by atoms with Crippen molar-refractivity contribution in [2.75, 3.05) is 13.6 Å². The quantitative estimate of drug-likeness (QED) is 0.413. The predicted octanol–water partition coefficient (Wildman–Crippen LogP) is 3.65. The molecule has 38 heavy (non-hydrogen) atoms. The molecule has 0 fully saturated rings. The Hall–Kier alpha value is -3.69. The number of likely N-dealkylation sites (N-methyl/N-ethyl adjacent to an activating group) is 1. The third-order valence-corrected chi connectivity index (χ3v) is 8.50. The second-order valence-electron chi connectivity index (χ2n) is 8.95. The van der Waals surface area contributed by atoms with Crippen LogP contribution < -0.4 is 5.32 Å². The number of hydrogen-bond acceptors (Lipinski definition) is 5. The van der Waals surface area contributed by atoms with Gasteiger partial charge in [-0.25, -0.2) is 12.7 Å². The van der Waals surface area contributed by atoms with Crippen LogP contribution in [0.2, 0.25) is 5.02 Å². The van der Waals surface area contributed by atoms with E-state index in [-0.39, 0.29) is 48.2 Å². The lowest BCUT2D eigenvalue weighted by Crippen LogP contribution is -2.49. The van der Waals surface area contributed by atoms with Crippen molar-refractivity contribution < 1.29 is 22.8 Å². The van der Waals surface area contributed by atoms with Crippen molar-refractivity contribution >= 4 is 39.3 Å². The Morgan fingerprint density at radius 3 is 2.34 bits per heavy atom. The van der Waals surface area contributed by atoms with Gasteiger partial charge in [-0.3, -0.25) is 14.4 Å². The van der Waals surface area contributed by atoms with Gasteiger partial charge >= 0.3 is 0 Å². The lowest BCUT2D eigenvalue weighted by molar-refractivity contribution is -0.141. The first-order valence-electron chi connectivity index (χ1n) is 12.2. The van der Waals surface area contributed by atoms with Gasteiger partial charge in [0.05, 0.1) is 5.56 Å². The maximum absolute atomic E-state index is 13.6. The number of hydrogen-bond donors (Lipinski definition) is 1. The molecule has 1 aliphatic rings. The second kappa shape index (κ2) is 11.8. The highest BCUT2D eigenvalue weighted by atomic mass is 35.5. The summed E-state index contributed by atoms with van der Waals surface area (Å²) in [6.45, 7) is -0.00733. The first kappa shape index (κ1) is 27.3. The van der Waals surface area contributed by atoms with Gasteiger partial charge in [-0.15, -0.1) is 0 Å². The van der Waals surface area contributed by atoms with Crippen molar-refractivity contribution in [3.8, 4) is 0 Å². The molecule has 8 nitrogen and oxygen atoms in total. The molecule has 0 bridgehead atoms. The van der Waals surface area contributed by atoms with E-state index >= 15 is 0 Å². The fourth-order valence-electron chi connectivity index (χ4n) is 4.52. The normalized spacial score (nSPS) is 14.6. The zero-order valence-corrected chi connectivity index (χ0v) is 22.4. The van der Waals surface area contributed by atoms with Crippen LogP contribution in [0.4, 0.5) is 0 Å². The molecule has 4 rings (SSSR count). The molecule has 3 aromatic rings. The summed E-state index contributed by atoms with van der Waals surface area (Å²) in [5.41, 5.74) is 1.76. The Bertz CT molecular complexity index is 1450. The molecule has 0 spiro atoms. The lowest BCUT2D eigenvalue weighted by Gasteiger charge is -2.31. The number of halogens is 1. The number of nitrogens with one attached hydrogen (secondary N) is 1. The zero-order valence-electron chi connectivity index (χ0n) is 20.8. The van der Waals surface area contributed by atoms with E-state index in [9.17, 15) is 22.8 Å². The molecule has 0 saturated carbocycles. The molecule has 10 heteroatoms. The Balaban J connectivity index is 1.54. The van der Waals surface area contributed by atoms with Gasteiger partial charge in [-0.05, 0) is 41.8 Å². The summed E-state index contributed by atoms with van der Waals surface area (Å²) in [7, 11) is -2.44. The van der Waals surface area contributed by atoms with Crippen LogP contribution in [0.5, 0.6) is 0 Å². The summed E-state index contributed by atoms with van der Waals surface area (Å²) in [4.78, 5) is 40.8. The average Bonchev–Trinajstić information content (AvgIpc) is 3.11. The van der Waals surface area contributed by atoms with Crippen molar-refractivity contribution in [3.05, 3.63) is 101 Å². The van der Waals surface area contributed by atoms with Gasteiger partial charge in [0.2, 0.25) is 11.8 Å². The van der Waals surface area contributed by atoms with Crippen molar-refractivity contribution in [2.24, 2.45) is 0 Å². The molecule has 1 unspecified atom stereocenters. The summed E-state index contributed by atoms with van der Waals surface area (Å²) in [6, 6.07) is 21.7. The molecule has 1 heterocycles. The van der Waals surface area contributed by atoms with E-state index in [0.717, 1.165) is 15.4 Å². The molecule has 0 aliphatic carbocycles. The Kier molecular flexibility index (Phi) is 8.48. The molecule has 3 amide bonds. The molecule has 1 N–H and O–H groups in total. The summed E-state index contributed by atoms with van der Waals surface area (Å²) in [6.07, 6.45) is 0.343. The average molecular weight is 554 g/mol. The minimum Gasteiger partial charge on any atom is -0.357 e. The molecule has 3 aromatic carbocycles. The van der Waals surface area contributed by atoms with Crippen LogP contribution >= 0.6 is 11.6 Å². The SMILES string of the molecule is CNC(=O)C(Cc1ccccc1)N(Cc1cccc(Cl)c1)C(=O)CCCN1C(=O)c2ccccc2S1(=O)=O. The van der Waals surface area contributed by atoms with Crippen molar-refractivity contribution in [1.82, 2.24) is 14.5 Å². The Morgan fingerprint density at radius 1 is 0.974 bits per heavy atom. The number of carbonyl (C=O) groups is 3. The Labute approximate surface area is 227 Å². The summed E-state index contributed by atoms with van der Waals surface area (Å²) >= 11 is 6.17. The first-order chi connectivity index (χ1) is 18.2. The molecular weight excluding hydrogens is 526 g/mol. The minimum atomic E-state index is -3.96. The van der Waals surface area contributed by atoms with Crippen LogP contribution in [-0.2, 0) is 32.6 Å². The van der Waals surface area contributed by atoms with Crippen LogP contribution in [0.25, 0.3) is 0 Å². The van der Waals surface area contributed by atoms with Crippen molar-refractivity contribution in [3.63, 3.8) is 0 Å². The third-order valence-electron chi connectivity index (χ3n) is 6.42. The van der Waals surface area contributed by atoms with Gasteiger partial charge < -0.3 is 10.2 Å². The highest BCUT2D eigenvalue weighted by Gasteiger charge is 2.40. The molecule has 1 aliphatic heterocycles. The van der Waals surface area contributed by atoms with Crippen molar-refractivity contribution in [1.29, 1.82) is 0 Å². The highest BCUT2D eigenvalue weighted by molar-refractivity contribution is 7.90. The number of rotatable bonds is 10. The largest absolute Gasteiger partial charge is 0.357 e. The number of amides is 3. The first-order valence-corrected chi connectivity index (χ1v) is 14.0. The van der Waals surface area contributed by atoms with Crippen LogP contribution in [-0.4, -0.2) is 55.0 Å². The van der Waals surface area contributed by atoms with Crippen LogP contribution in [0, 0.1) is 0 Å². The minimum absolute atomic E-state index is 0.0264. The van der Waals surface area contributed by atoms with E-state index < -0.39 is 22.0 Å². The van der Waals surface area contributed by atoms with E-state index in [2.05, 4.69) is 5.32 Å². The van der Waals surface area contributed by atoms with Gasteiger partial charge in [0.15, 0.2) is 0 Å². The van der Waals surface area contributed by atoms with E-state index in [1.165, 1.54) is 24.1 Å². The topological polar surface area (TPSA) is 104 Å². The summed E-state index contributed by atoms with van der Waals surface area (Å²) in [5, 5.41) is 3.16. The van der Waals surface area contributed by atoms with Crippen LogP contribution in [0.1, 0.15) is 34.3 Å². The predicted molar refractivity (Wildman–Crippen MR) is 144 cm³/mol. The van der Waals surface area contributed by atoms with E-state index in [0.29, 0.717) is 11.4 Å². The van der Waals surface area contributed by atoms with E-state index in [4.69, 9.17) is 11.6 Å². The summed E-state index contributed by atoms with van der Waals surface area (Å²) < 4.78 is 26.5. The van der Waals surface area contributed by atoms with Crippen LogP contribution in [0.3, 0.4) is 0 Å². The number of nitrogens with zero attached hydrogens (tertiary/aromatic N) is 2. The standard InChI is InChI=1S/C28H28ClN3O5S/c1-30-27(34)24(18-20-9-3-2-4-10-20)31(19-21-11-7-12-22(29)17-21)26(33)15-8-16-32-28(35)23-13-5-6-14-25(23)38(32,36)37/h2-7,9-14,17,24H,8,15-16,18-19H2,1H3,(H,30,34). The fraction of sp³-hybridized carbons (Fsp3) is 0.250. The van der Waals surface area contributed by atoms with Gasteiger partial charge in [-0.1, -0.05) is 66.2 Å². The number of benzene rings is 3. The second-order valence-corrected chi connectivity index (χ2v) is 11.2. The van der Waals surface area contributed by atoms with Gasteiger partial charge in [0, 0.05) is 38.0 Å². The third kappa shape index (κ3) is 5.89. The lowest BCUT2D eigenvalue weighted by atomic mass is 10.0. The zero-order chi connectivity index (χ0) is 27.3. The van der Waals surface area contributed by atoms with E-state index in [1.807, 2.05) is 36.4 Å². The monoisotopic (exact) mass is 553 g/mol. The molecule has 198 valence electrons. The Morgan fingerprint density at radius 2 is 1.66 bits per heavy atom. The number of sulfonamides is 1. The van der Waals surface area contributed by atoms with Crippen LogP contribution in [0.15, 0.2) is 83.8 Å².